The van der Waals surface area contributed by atoms with E-state index in [0.29, 0.717) is 23.7 Å². The number of urea groups is 1. The zero-order valence-corrected chi connectivity index (χ0v) is 12.0. The van der Waals surface area contributed by atoms with Gasteiger partial charge in [0.1, 0.15) is 11.5 Å². The summed E-state index contributed by atoms with van der Waals surface area (Å²) in [7, 11) is 0. The molecular formula is C15H16N2O5. The number of hydrogen-bond acceptors (Lipinski definition) is 5. The van der Waals surface area contributed by atoms with Crippen molar-refractivity contribution in [2.75, 3.05) is 11.9 Å². The third kappa shape index (κ3) is 4.86. The topological polar surface area (TPSA) is 89.8 Å². The number of ether oxygens (including phenoxy) is 2. The van der Waals surface area contributed by atoms with Crippen LogP contribution in [0.3, 0.4) is 0 Å². The quantitative estimate of drug-likeness (QED) is 0.654. The summed E-state index contributed by atoms with van der Waals surface area (Å²) in [6, 6.07) is 9.48. The molecular weight excluding hydrogens is 288 g/mol. The average molecular weight is 304 g/mol. The van der Waals surface area contributed by atoms with Gasteiger partial charge in [-0.25, -0.2) is 9.59 Å². The Morgan fingerprint density at radius 3 is 2.59 bits per heavy atom. The highest BCUT2D eigenvalue weighted by atomic mass is 16.7. The zero-order chi connectivity index (χ0) is 15.8. The fourth-order valence-electron chi connectivity index (χ4n) is 1.61. The summed E-state index contributed by atoms with van der Waals surface area (Å²) in [6.07, 6.45) is 0.774. The Hall–Kier alpha value is -2.96. The fraction of sp³-hybridized carbons (Fsp3) is 0.200. The van der Waals surface area contributed by atoms with Crippen molar-refractivity contribution in [2.45, 2.75) is 13.5 Å². The van der Waals surface area contributed by atoms with Crippen LogP contribution in [0.15, 0.2) is 47.1 Å². The van der Waals surface area contributed by atoms with Gasteiger partial charge in [-0.1, -0.05) is 0 Å². The van der Waals surface area contributed by atoms with Gasteiger partial charge in [0.25, 0.3) is 0 Å². The minimum Gasteiger partial charge on any atom is -0.467 e. The fourth-order valence-corrected chi connectivity index (χ4v) is 1.61. The van der Waals surface area contributed by atoms with E-state index in [1.54, 1.807) is 43.3 Å². The third-order valence-electron chi connectivity index (χ3n) is 2.58. The van der Waals surface area contributed by atoms with Crippen LogP contribution in [0.5, 0.6) is 5.75 Å². The number of carbonyl (C=O) groups is 2. The van der Waals surface area contributed by atoms with Crippen LogP contribution in [0.4, 0.5) is 15.3 Å². The van der Waals surface area contributed by atoms with Gasteiger partial charge in [-0.15, -0.1) is 0 Å². The second-order valence-electron chi connectivity index (χ2n) is 4.20. The van der Waals surface area contributed by atoms with E-state index in [4.69, 9.17) is 9.15 Å². The van der Waals surface area contributed by atoms with Crippen LogP contribution < -0.4 is 15.4 Å². The van der Waals surface area contributed by atoms with E-state index in [9.17, 15) is 9.59 Å². The normalized spacial score (nSPS) is 9.86. The summed E-state index contributed by atoms with van der Waals surface area (Å²) < 4.78 is 14.7. The van der Waals surface area contributed by atoms with Crippen molar-refractivity contribution in [2.24, 2.45) is 0 Å². The molecule has 0 aliphatic carbocycles. The highest BCUT2D eigenvalue weighted by Crippen LogP contribution is 2.16. The van der Waals surface area contributed by atoms with Gasteiger partial charge in [0.15, 0.2) is 0 Å². The number of furan rings is 1. The molecule has 1 heterocycles. The molecule has 1 aromatic heterocycles. The maximum Gasteiger partial charge on any atom is 0.513 e. The molecule has 0 saturated heterocycles. The van der Waals surface area contributed by atoms with E-state index in [0.717, 1.165) is 0 Å². The summed E-state index contributed by atoms with van der Waals surface area (Å²) in [5, 5.41) is 5.29. The van der Waals surface area contributed by atoms with Crippen molar-refractivity contribution in [1.82, 2.24) is 5.32 Å². The van der Waals surface area contributed by atoms with Gasteiger partial charge in [-0.3, -0.25) is 0 Å². The Labute approximate surface area is 127 Å². The number of amides is 2. The summed E-state index contributed by atoms with van der Waals surface area (Å²) in [4.78, 5) is 22.8. The average Bonchev–Trinajstić information content (AvgIpc) is 3.01. The molecule has 0 aliphatic heterocycles. The molecule has 0 unspecified atom stereocenters. The molecule has 7 nitrogen and oxygen atoms in total. The molecule has 0 radical (unpaired) electrons. The van der Waals surface area contributed by atoms with Crippen molar-refractivity contribution in [3.8, 4) is 5.75 Å². The molecule has 116 valence electrons. The molecule has 2 N–H and O–H groups in total. The second kappa shape index (κ2) is 7.72. The number of benzene rings is 1. The Morgan fingerprint density at radius 2 is 1.95 bits per heavy atom. The molecule has 22 heavy (non-hydrogen) atoms. The lowest BCUT2D eigenvalue weighted by atomic mass is 10.3. The maximum absolute atomic E-state index is 11.7. The van der Waals surface area contributed by atoms with Gasteiger partial charge in [0, 0.05) is 5.69 Å². The van der Waals surface area contributed by atoms with Gasteiger partial charge in [-0.05, 0) is 43.3 Å². The van der Waals surface area contributed by atoms with Crippen molar-refractivity contribution < 1.29 is 23.5 Å². The van der Waals surface area contributed by atoms with Crippen LogP contribution in [-0.4, -0.2) is 18.8 Å². The zero-order valence-electron chi connectivity index (χ0n) is 12.0. The SMILES string of the molecule is CCOC(=O)Oc1ccc(NC(=O)NCc2ccco2)cc1. The minimum atomic E-state index is -0.764. The lowest BCUT2D eigenvalue weighted by Gasteiger charge is -2.08. The first-order chi connectivity index (χ1) is 10.7. The smallest absolute Gasteiger partial charge is 0.467 e. The number of nitrogens with one attached hydrogen (secondary N) is 2. The van der Waals surface area contributed by atoms with E-state index in [1.165, 1.54) is 6.26 Å². The Balaban J connectivity index is 1.80. The summed E-state index contributed by atoms with van der Waals surface area (Å²) in [5.74, 6) is 0.994. The first kappa shape index (κ1) is 15.4. The molecule has 0 saturated carbocycles. The largest absolute Gasteiger partial charge is 0.513 e. The molecule has 0 atom stereocenters. The van der Waals surface area contributed by atoms with Gasteiger partial charge >= 0.3 is 12.2 Å². The van der Waals surface area contributed by atoms with Crippen LogP contribution in [-0.2, 0) is 11.3 Å². The number of carbonyl (C=O) groups excluding carboxylic acids is 2. The van der Waals surface area contributed by atoms with Gasteiger partial charge in [0.05, 0.1) is 19.4 Å². The van der Waals surface area contributed by atoms with E-state index in [2.05, 4.69) is 15.4 Å². The highest BCUT2D eigenvalue weighted by molar-refractivity contribution is 5.89. The van der Waals surface area contributed by atoms with E-state index in [1.807, 2.05) is 0 Å². The van der Waals surface area contributed by atoms with Crippen LogP contribution in [0.1, 0.15) is 12.7 Å². The highest BCUT2D eigenvalue weighted by Gasteiger charge is 2.06. The summed E-state index contributed by atoms with van der Waals surface area (Å²) in [6.45, 7) is 2.23. The standard InChI is InChI=1S/C15H16N2O5/c1-2-20-15(19)22-12-7-5-11(6-8-12)17-14(18)16-10-13-4-3-9-21-13/h3-9H,2,10H2,1H3,(H2,16,17,18). The molecule has 2 rings (SSSR count). The van der Waals surface area contributed by atoms with Crippen LogP contribution in [0.25, 0.3) is 0 Å². The van der Waals surface area contributed by atoms with Gasteiger partial charge in [0.2, 0.25) is 0 Å². The molecule has 7 heteroatoms. The lowest BCUT2D eigenvalue weighted by Crippen LogP contribution is -2.27. The maximum atomic E-state index is 11.7. The summed E-state index contributed by atoms with van der Waals surface area (Å²) in [5.41, 5.74) is 0.563. The predicted molar refractivity (Wildman–Crippen MR) is 78.7 cm³/mol. The van der Waals surface area contributed by atoms with E-state index < -0.39 is 6.16 Å². The number of anilines is 1. The molecule has 0 spiro atoms. The summed E-state index contributed by atoms with van der Waals surface area (Å²) >= 11 is 0. The lowest BCUT2D eigenvalue weighted by molar-refractivity contribution is 0.104. The van der Waals surface area contributed by atoms with Crippen molar-refractivity contribution in [3.63, 3.8) is 0 Å². The van der Waals surface area contributed by atoms with E-state index >= 15 is 0 Å². The first-order valence-electron chi connectivity index (χ1n) is 6.69. The van der Waals surface area contributed by atoms with Crippen LogP contribution >= 0.6 is 0 Å². The molecule has 2 aromatic rings. The molecule has 1 aromatic carbocycles. The van der Waals surface area contributed by atoms with Gasteiger partial charge < -0.3 is 24.5 Å². The predicted octanol–water partition coefficient (Wildman–Crippen LogP) is 3.14. The van der Waals surface area contributed by atoms with Gasteiger partial charge in [-0.2, -0.15) is 0 Å². The van der Waals surface area contributed by atoms with Crippen molar-refractivity contribution in [1.29, 1.82) is 0 Å². The molecule has 0 bridgehead atoms. The number of hydrogen-bond donors (Lipinski definition) is 2. The monoisotopic (exact) mass is 304 g/mol. The third-order valence-corrected chi connectivity index (χ3v) is 2.58. The first-order valence-corrected chi connectivity index (χ1v) is 6.69. The number of rotatable bonds is 5. The van der Waals surface area contributed by atoms with Crippen molar-refractivity contribution in [3.05, 3.63) is 48.4 Å². The molecule has 0 fully saturated rings. The Bertz CT molecular complexity index is 607. The minimum absolute atomic E-state index is 0.244. The second-order valence-corrected chi connectivity index (χ2v) is 4.20. The Kier molecular flexibility index (Phi) is 5.42. The van der Waals surface area contributed by atoms with Crippen molar-refractivity contribution >= 4 is 17.9 Å². The van der Waals surface area contributed by atoms with Crippen LogP contribution in [0.2, 0.25) is 0 Å². The van der Waals surface area contributed by atoms with E-state index in [-0.39, 0.29) is 12.6 Å². The van der Waals surface area contributed by atoms with Crippen LogP contribution in [0, 0.1) is 0 Å². The molecule has 2 amide bonds. The Morgan fingerprint density at radius 1 is 1.18 bits per heavy atom. The molecule has 0 aliphatic rings.